The number of carbonyl (C=O) groups excluding carboxylic acids is 2. The van der Waals surface area contributed by atoms with E-state index in [9.17, 15) is 9.59 Å². The van der Waals surface area contributed by atoms with E-state index in [-0.39, 0.29) is 18.6 Å². The highest BCUT2D eigenvalue weighted by Crippen LogP contribution is 2.11. The molecule has 0 aromatic carbocycles. The van der Waals surface area contributed by atoms with Gasteiger partial charge in [-0.3, -0.25) is 4.79 Å². The number of rotatable bonds is 5. The Kier molecular flexibility index (Phi) is 4.72. The first-order chi connectivity index (χ1) is 8.75. The first-order valence-corrected chi connectivity index (χ1v) is 6.72. The highest BCUT2D eigenvalue weighted by molar-refractivity contribution is 7.11. The molecule has 1 aromatic heterocycles. The molecule has 1 atom stereocenters. The number of hydrogen-bond acceptors (Lipinski definition) is 5. The Balaban J connectivity index is 1.63. The van der Waals surface area contributed by atoms with Gasteiger partial charge in [0.15, 0.2) is 6.61 Å². The van der Waals surface area contributed by atoms with Crippen LogP contribution in [0.25, 0.3) is 0 Å². The van der Waals surface area contributed by atoms with Crippen molar-refractivity contribution in [2.24, 2.45) is 0 Å². The summed E-state index contributed by atoms with van der Waals surface area (Å²) in [6, 6.07) is 3.43. The molecule has 1 aromatic rings. The van der Waals surface area contributed by atoms with Gasteiger partial charge in [-0.1, -0.05) is 6.07 Å². The average molecular weight is 269 g/mol. The fraction of sp³-hybridized carbons (Fsp3) is 0.500. The van der Waals surface area contributed by atoms with E-state index in [1.165, 1.54) is 11.3 Å². The summed E-state index contributed by atoms with van der Waals surface area (Å²) in [7, 11) is 0. The van der Waals surface area contributed by atoms with E-state index in [0.29, 0.717) is 11.4 Å². The van der Waals surface area contributed by atoms with E-state index in [1.54, 1.807) is 17.5 Å². The Morgan fingerprint density at radius 2 is 2.44 bits per heavy atom. The molecule has 1 fully saturated rings. The minimum Gasteiger partial charge on any atom is -0.451 e. The lowest BCUT2D eigenvalue weighted by molar-refractivity contribution is -0.124. The second-order valence-electron chi connectivity index (χ2n) is 3.99. The second kappa shape index (κ2) is 6.51. The van der Waals surface area contributed by atoms with Gasteiger partial charge < -0.3 is 14.8 Å². The van der Waals surface area contributed by atoms with Gasteiger partial charge in [0.05, 0.1) is 6.10 Å². The number of carbonyl (C=O) groups is 2. The van der Waals surface area contributed by atoms with Gasteiger partial charge in [0, 0.05) is 13.2 Å². The van der Waals surface area contributed by atoms with Crippen molar-refractivity contribution in [3.05, 3.63) is 22.4 Å². The first kappa shape index (κ1) is 13.0. The Morgan fingerprint density at radius 3 is 3.11 bits per heavy atom. The zero-order valence-electron chi connectivity index (χ0n) is 9.89. The maximum absolute atomic E-state index is 11.5. The van der Waals surface area contributed by atoms with Crippen molar-refractivity contribution < 1.29 is 19.1 Å². The van der Waals surface area contributed by atoms with Gasteiger partial charge >= 0.3 is 5.97 Å². The summed E-state index contributed by atoms with van der Waals surface area (Å²) in [6.45, 7) is 0.993. The van der Waals surface area contributed by atoms with Gasteiger partial charge in [-0.25, -0.2) is 4.79 Å². The van der Waals surface area contributed by atoms with Crippen LogP contribution in [0.3, 0.4) is 0 Å². The van der Waals surface area contributed by atoms with E-state index in [1.807, 2.05) is 0 Å². The first-order valence-electron chi connectivity index (χ1n) is 5.84. The van der Waals surface area contributed by atoms with Gasteiger partial charge in [-0.15, -0.1) is 11.3 Å². The quantitative estimate of drug-likeness (QED) is 0.816. The van der Waals surface area contributed by atoms with Crippen LogP contribution >= 0.6 is 11.3 Å². The number of ether oxygens (including phenoxy) is 2. The van der Waals surface area contributed by atoms with Gasteiger partial charge in [0.25, 0.3) is 5.91 Å². The molecule has 2 heterocycles. The summed E-state index contributed by atoms with van der Waals surface area (Å²) in [6.07, 6.45) is 2.10. The topological polar surface area (TPSA) is 64.6 Å². The van der Waals surface area contributed by atoms with Crippen LogP contribution in [0.1, 0.15) is 22.5 Å². The minimum absolute atomic E-state index is 0.0990. The van der Waals surface area contributed by atoms with Crippen LogP contribution in [0, 0.1) is 0 Å². The normalized spacial score (nSPS) is 18.6. The third-order valence-electron chi connectivity index (χ3n) is 2.61. The van der Waals surface area contributed by atoms with Crippen molar-refractivity contribution in [2.45, 2.75) is 18.9 Å². The summed E-state index contributed by atoms with van der Waals surface area (Å²) in [4.78, 5) is 23.4. The SMILES string of the molecule is O=C(COC(=O)c1cccs1)NC[C@H]1CCCO1. The zero-order chi connectivity index (χ0) is 12.8. The summed E-state index contributed by atoms with van der Waals surface area (Å²) in [5.74, 6) is -0.757. The van der Waals surface area contributed by atoms with Gasteiger partial charge in [-0.2, -0.15) is 0 Å². The molecule has 1 saturated heterocycles. The second-order valence-corrected chi connectivity index (χ2v) is 4.94. The number of amides is 1. The third-order valence-corrected chi connectivity index (χ3v) is 3.46. The van der Waals surface area contributed by atoms with E-state index < -0.39 is 5.97 Å². The molecule has 2 rings (SSSR count). The minimum atomic E-state index is -0.461. The van der Waals surface area contributed by atoms with Crippen LogP contribution in [0.2, 0.25) is 0 Å². The summed E-state index contributed by atoms with van der Waals surface area (Å²) in [5.41, 5.74) is 0. The zero-order valence-corrected chi connectivity index (χ0v) is 10.7. The largest absolute Gasteiger partial charge is 0.451 e. The molecule has 1 N–H and O–H groups in total. The lowest BCUT2D eigenvalue weighted by Crippen LogP contribution is -2.34. The van der Waals surface area contributed by atoms with Crippen molar-refractivity contribution in [1.82, 2.24) is 5.32 Å². The molecule has 0 spiro atoms. The van der Waals surface area contributed by atoms with Crippen molar-refractivity contribution >= 4 is 23.2 Å². The lowest BCUT2D eigenvalue weighted by atomic mass is 10.2. The molecule has 1 aliphatic rings. The molecular weight excluding hydrogens is 254 g/mol. The molecule has 1 amide bonds. The van der Waals surface area contributed by atoms with Crippen LogP contribution in [0.15, 0.2) is 17.5 Å². The molecule has 0 bridgehead atoms. The van der Waals surface area contributed by atoms with Crippen molar-refractivity contribution in [3.8, 4) is 0 Å². The van der Waals surface area contributed by atoms with Crippen molar-refractivity contribution in [3.63, 3.8) is 0 Å². The standard InChI is InChI=1S/C12H15NO4S/c14-11(13-7-9-3-1-5-16-9)8-17-12(15)10-4-2-6-18-10/h2,4,6,9H,1,3,5,7-8H2,(H,13,14)/t9-/m1/s1. The third kappa shape index (κ3) is 3.82. The summed E-state index contributed by atoms with van der Waals surface area (Å²) in [5, 5.41) is 4.47. The summed E-state index contributed by atoms with van der Waals surface area (Å²) < 4.78 is 10.2. The van der Waals surface area contributed by atoms with E-state index >= 15 is 0 Å². The van der Waals surface area contributed by atoms with E-state index in [4.69, 9.17) is 9.47 Å². The predicted octanol–water partition coefficient (Wildman–Crippen LogP) is 1.20. The number of thiophene rings is 1. The number of nitrogens with one attached hydrogen (secondary N) is 1. The van der Waals surface area contributed by atoms with Crippen LogP contribution in [-0.4, -0.2) is 37.7 Å². The Hall–Kier alpha value is -1.40. The Labute approximate surface area is 109 Å². The molecular formula is C12H15NO4S. The fourth-order valence-electron chi connectivity index (χ4n) is 1.68. The van der Waals surface area contributed by atoms with Gasteiger partial charge in [0.1, 0.15) is 4.88 Å². The highest BCUT2D eigenvalue weighted by Gasteiger charge is 2.17. The molecule has 18 heavy (non-hydrogen) atoms. The molecule has 0 saturated carbocycles. The smallest absolute Gasteiger partial charge is 0.348 e. The molecule has 0 aliphatic carbocycles. The lowest BCUT2D eigenvalue weighted by Gasteiger charge is -2.10. The highest BCUT2D eigenvalue weighted by atomic mass is 32.1. The summed E-state index contributed by atoms with van der Waals surface area (Å²) >= 11 is 1.29. The Morgan fingerprint density at radius 1 is 1.56 bits per heavy atom. The van der Waals surface area contributed by atoms with Gasteiger partial charge in [0.2, 0.25) is 0 Å². The van der Waals surface area contributed by atoms with Crippen LogP contribution in [0.4, 0.5) is 0 Å². The molecule has 98 valence electrons. The number of esters is 1. The average Bonchev–Trinajstić information content (AvgIpc) is 3.05. The maximum Gasteiger partial charge on any atom is 0.348 e. The molecule has 6 heteroatoms. The van der Waals surface area contributed by atoms with Crippen LogP contribution < -0.4 is 5.32 Å². The Bertz CT molecular complexity index is 398. The van der Waals surface area contributed by atoms with E-state index in [2.05, 4.69) is 5.32 Å². The van der Waals surface area contributed by atoms with E-state index in [0.717, 1.165) is 19.4 Å². The molecule has 1 aliphatic heterocycles. The van der Waals surface area contributed by atoms with Crippen LogP contribution in [0.5, 0.6) is 0 Å². The van der Waals surface area contributed by atoms with Gasteiger partial charge in [-0.05, 0) is 24.3 Å². The number of hydrogen-bond donors (Lipinski definition) is 1. The predicted molar refractivity (Wildman–Crippen MR) is 66.6 cm³/mol. The maximum atomic E-state index is 11.5. The molecule has 0 radical (unpaired) electrons. The molecule has 0 unspecified atom stereocenters. The van der Waals surface area contributed by atoms with Crippen molar-refractivity contribution in [1.29, 1.82) is 0 Å². The van der Waals surface area contributed by atoms with Crippen LogP contribution in [-0.2, 0) is 14.3 Å². The fourth-order valence-corrected chi connectivity index (χ4v) is 2.30. The van der Waals surface area contributed by atoms with Crippen molar-refractivity contribution in [2.75, 3.05) is 19.8 Å². The monoisotopic (exact) mass is 269 g/mol. The molecule has 5 nitrogen and oxygen atoms in total.